The fraction of sp³-hybridized carbons (Fsp3) is 0.353. The molecule has 3 aliphatic rings. The minimum Gasteiger partial charge on any atom is -0.494 e. The quantitative estimate of drug-likeness (QED) is 0.264. The van der Waals surface area contributed by atoms with E-state index in [0.717, 1.165) is 60.5 Å². The molecule has 5 aromatic rings. The van der Waals surface area contributed by atoms with Crippen molar-refractivity contribution in [2.75, 3.05) is 13.7 Å². The summed E-state index contributed by atoms with van der Waals surface area (Å²) < 4.78 is 24.1. The van der Waals surface area contributed by atoms with E-state index in [-0.39, 0.29) is 18.0 Å². The first-order valence-corrected chi connectivity index (χ1v) is 15.4. The fourth-order valence-corrected chi connectivity index (χ4v) is 7.33. The maximum absolute atomic E-state index is 14.1. The molecule has 45 heavy (non-hydrogen) atoms. The highest BCUT2D eigenvalue weighted by Crippen LogP contribution is 2.40. The number of halogens is 1. The lowest BCUT2D eigenvalue weighted by Gasteiger charge is -2.27. The molecule has 3 aromatic heterocycles. The Bertz CT molecular complexity index is 2050. The monoisotopic (exact) mass is 608 g/mol. The molecule has 2 aromatic carbocycles. The van der Waals surface area contributed by atoms with Crippen LogP contribution in [0.3, 0.4) is 0 Å². The van der Waals surface area contributed by atoms with Crippen molar-refractivity contribution in [1.29, 1.82) is 0 Å². The summed E-state index contributed by atoms with van der Waals surface area (Å²) in [5, 5.41) is 10.3. The van der Waals surface area contributed by atoms with Crippen LogP contribution in [0.25, 0.3) is 44.8 Å². The van der Waals surface area contributed by atoms with Gasteiger partial charge in [-0.2, -0.15) is 0 Å². The van der Waals surface area contributed by atoms with Crippen LogP contribution in [-0.4, -0.2) is 66.7 Å². The number of aryl methyl sites for hydroxylation is 1. The zero-order valence-electron chi connectivity index (χ0n) is 25.0. The number of carbonyl (C=O) groups excluding carboxylic acids is 1. The topological polar surface area (TPSA) is 129 Å². The minimum atomic E-state index is -1.33. The van der Waals surface area contributed by atoms with Crippen LogP contribution in [0.2, 0.25) is 0 Å². The van der Waals surface area contributed by atoms with Crippen molar-refractivity contribution in [1.82, 2.24) is 24.0 Å². The maximum Gasteiger partial charge on any atom is 0.338 e. The SMILES string of the molecule is COc1cc(C(=O)N2C[C@H]3CC[C@@H]2[C@@H]3N)cc2nc(-c3cc4ccc(-c5ccc(F)c(C(=O)O)c5)nc4n3CC3CC3)n(C)c12. The van der Waals surface area contributed by atoms with Gasteiger partial charge >= 0.3 is 5.97 Å². The number of carbonyl (C=O) groups is 2. The molecule has 3 atom stereocenters. The van der Waals surface area contributed by atoms with Crippen molar-refractivity contribution in [2.45, 2.75) is 44.3 Å². The van der Waals surface area contributed by atoms with Gasteiger partial charge in [-0.1, -0.05) is 0 Å². The molecule has 8 rings (SSSR count). The summed E-state index contributed by atoms with van der Waals surface area (Å²) in [6.07, 6.45) is 4.26. The first-order chi connectivity index (χ1) is 21.7. The van der Waals surface area contributed by atoms with Gasteiger partial charge in [-0.25, -0.2) is 19.2 Å². The summed E-state index contributed by atoms with van der Waals surface area (Å²) in [4.78, 5) is 37.2. The Morgan fingerprint density at radius 2 is 1.89 bits per heavy atom. The molecule has 1 amide bonds. The van der Waals surface area contributed by atoms with E-state index in [2.05, 4.69) is 10.6 Å². The predicted molar refractivity (Wildman–Crippen MR) is 167 cm³/mol. The number of fused-ring (bicyclic) bond motifs is 4. The second-order valence-electron chi connectivity index (χ2n) is 12.7. The number of aromatic nitrogens is 4. The number of methoxy groups -OCH3 is 1. The van der Waals surface area contributed by atoms with E-state index in [1.54, 1.807) is 19.2 Å². The maximum atomic E-state index is 14.1. The minimum absolute atomic E-state index is 0.0332. The standard InChI is InChI=1S/C34H33FN6O4/c1-39-30-25(12-21(14-28(30)45-2)33(42)41-16-20-7-10-26(41)29(20)36)38-32(39)27-13-19-6-9-24(37-31(19)40(27)15-17-3-4-17)18-5-8-23(35)22(11-18)34(43)44/h5-6,8-9,11-14,17,20,26,29H,3-4,7,10,15-16,36H2,1-2H3,(H,43,44)/t20-,26-,29-/m1/s1. The average molecular weight is 609 g/mol. The van der Waals surface area contributed by atoms with Crippen LogP contribution < -0.4 is 10.5 Å². The third kappa shape index (κ3) is 4.40. The molecule has 2 aliphatic carbocycles. The number of hydrogen-bond acceptors (Lipinski definition) is 6. The number of carboxylic acids is 1. The smallest absolute Gasteiger partial charge is 0.338 e. The van der Waals surface area contributed by atoms with Gasteiger partial charge in [0.2, 0.25) is 0 Å². The Balaban J connectivity index is 1.24. The molecule has 0 spiro atoms. The van der Waals surface area contributed by atoms with Gasteiger partial charge in [-0.3, -0.25) is 4.79 Å². The first kappa shape index (κ1) is 27.8. The molecule has 11 heteroatoms. The van der Waals surface area contributed by atoms with Gasteiger partial charge in [-0.15, -0.1) is 0 Å². The predicted octanol–water partition coefficient (Wildman–Crippen LogP) is 5.07. The van der Waals surface area contributed by atoms with E-state index in [9.17, 15) is 19.1 Å². The van der Waals surface area contributed by atoms with Crippen molar-refractivity contribution >= 4 is 33.9 Å². The third-order valence-corrected chi connectivity index (χ3v) is 9.92. The lowest BCUT2D eigenvalue weighted by molar-refractivity contribution is 0.0686. The van der Waals surface area contributed by atoms with Crippen molar-refractivity contribution in [3.8, 4) is 28.5 Å². The molecule has 2 saturated carbocycles. The number of carboxylic acid groups (broad SMARTS) is 1. The average Bonchev–Trinajstić information content (AvgIpc) is 3.44. The van der Waals surface area contributed by atoms with Gasteiger partial charge in [0.05, 0.1) is 29.6 Å². The Hall–Kier alpha value is -4.77. The molecule has 4 heterocycles. The van der Waals surface area contributed by atoms with E-state index >= 15 is 0 Å². The highest BCUT2D eigenvalue weighted by atomic mass is 19.1. The van der Waals surface area contributed by atoms with Gasteiger partial charge in [-0.05, 0) is 86.1 Å². The van der Waals surface area contributed by atoms with E-state index < -0.39 is 17.3 Å². The fourth-order valence-electron chi connectivity index (χ4n) is 7.33. The molecule has 0 radical (unpaired) electrons. The number of pyridine rings is 1. The summed E-state index contributed by atoms with van der Waals surface area (Å²) in [5.41, 5.74) is 10.7. The molecule has 230 valence electrons. The molecule has 0 unspecified atom stereocenters. The highest BCUT2D eigenvalue weighted by Gasteiger charge is 2.47. The number of amides is 1. The number of nitrogens with zero attached hydrogens (tertiary/aromatic N) is 5. The van der Waals surface area contributed by atoms with Crippen LogP contribution in [0.4, 0.5) is 4.39 Å². The first-order valence-electron chi connectivity index (χ1n) is 15.4. The van der Waals surface area contributed by atoms with Gasteiger partial charge < -0.3 is 29.6 Å². The zero-order chi connectivity index (χ0) is 31.1. The number of benzene rings is 2. The van der Waals surface area contributed by atoms with Crippen LogP contribution in [0.5, 0.6) is 5.75 Å². The Labute approximate surface area is 258 Å². The van der Waals surface area contributed by atoms with E-state index in [4.69, 9.17) is 20.4 Å². The largest absolute Gasteiger partial charge is 0.494 e. The summed E-state index contributed by atoms with van der Waals surface area (Å²) in [7, 11) is 3.54. The van der Waals surface area contributed by atoms with Crippen molar-refractivity contribution < 1.29 is 23.8 Å². The van der Waals surface area contributed by atoms with E-state index in [1.807, 2.05) is 34.7 Å². The van der Waals surface area contributed by atoms with Gasteiger partial charge in [0.15, 0.2) is 5.82 Å². The van der Waals surface area contributed by atoms with Gasteiger partial charge in [0.1, 0.15) is 22.7 Å². The number of nitrogens with two attached hydrogens (primary N) is 1. The summed E-state index contributed by atoms with van der Waals surface area (Å²) >= 11 is 0. The van der Waals surface area contributed by atoms with Crippen LogP contribution in [0, 0.1) is 17.7 Å². The lowest BCUT2D eigenvalue weighted by Crippen LogP contribution is -2.41. The molecule has 1 saturated heterocycles. The number of ether oxygens (including phenoxy) is 1. The second-order valence-corrected chi connectivity index (χ2v) is 12.7. The molecule has 3 fully saturated rings. The molecule has 2 bridgehead atoms. The Kier molecular flexibility index (Phi) is 6.25. The Morgan fingerprint density at radius 1 is 1.07 bits per heavy atom. The summed E-state index contributed by atoms with van der Waals surface area (Å²) in [6, 6.07) is 13.6. The molecule has 1 aliphatic heterocycles. The number of piperidine rings is 1. The number of rotatable bonds is 7. The third-order valence-electron chi connectivity index (χ3n) is 9.92. The molecule has 10 nitrogen and oxygen atoms in total. The van der Waals surface area contributed by atoms with Crippen molar-refractivity contribution in [2.24, 2.45) is 24.6 Å². The Morgan fingerprint density at radius 3 is 2.58 bits per heavy atom. The molecular weight excluding hydrogens is 575 g/mol. The zero-order valence-corrected chi connectivity index (χ0v) is 25.0. The number of likely N-dealkylation sites (tertiary alicyclic amines) is 1. The lowest BCUT2D eigenvalue weighted by atomic mass is 10.1. The number of imidazole rings is 1. The van der Waals surface area contributed by atoms with Crippen LogP contribution in [0.1, 0.15) is 46.4 Å². The van der Waals surface area contributed by atoms with Gasteiger partial charge in [0, 0.05) is 48.7 Å². The van der Waals surface area contributed by atoms with Crippen LogP contribution in [0.15, 0.2) is 48.5 Å². The summed E-state index contributed by atoms with van der Waals surface area (Å²) in [5.74, 6) is 0.00213. The normalized spacial score (nSPS) is 20.9. The van der Waals surface area contributed by atoms with Crippen molar-refractivity contribution in [3.05, 3.63) is 65.5 Å². The summed E-state index contributed by atoms with van der Waals surface area (Å²) in [6.45, 7) is 1.44. The highest BCUT2D eigenvalue weighted by molar-refractivity contribution is 6.00. The molecular formula is C34H33FN6O4. The van der Waals surface area contributed by atoms with E-state index in [1.165, 1.54) is 6.07 Å². The second kappa shape index (κ2) is 10.1. The number of aromatic carboxylic acids is 1. The van der Waals surface area contributed by atoms with E-state index in [0.29, 0.717) is 52.3 Å². The van der Waals surface area contributed by atoms with Crippen molar-refractivity contribution in [3.63, 3.8) is 0 Å². The van der Waals surface area contributed by atoms with Crippen LogP contribution in [-0.2, 0) is 13.6 Å². The van der Waals surface area contributed by atoms with Crippen LogP contribution >= 0.6 is 0 Å². The van der Waals surface area contributed by atoms with Gasteiger partial charge in [0.25, 0.3) is 5.91 Å². The molecule has 3 N–H and O–H groups in total. The number of hydrogen-bond donors (Lipinski definition) is 2.